The third-order valence-electron chi connectivity index (χ3n) is 6.99. The number of amides is 2. The van der Waals surface area contributed by atoms with Crippen molar-refractivity contribution in [1.29, 1.82) is 0 Å². The number of halogens is 4. The van der Waals surface area contributed by atoms with E-state index < -0.39 is 46.0 Å². The maximum atomic E-state index is 15.6. The fraction of sp³-hybridized carbons (Fsp3) is 0.433. The van der Waals surface area contributed by atoms with E-state index in [0.717, 1.165) is 11.0 Å². The molecule has 0 spiro atoms. The Bertz CT molecular complexity index is 1560. The Kier molecular flexibility index (Phi) is 11.2. The monoisotopic (exact) mass is 640 g/mol. The second-order valence-corrected chi connectivity index (χ2v) is 12.1. The number of imidazole rings is 1. The number of rotatable bonds is 13. The molecule has 0 saturated heterocycles. The molecule has 0 aliphatic carbocycles. The molecular weight excluding hydrogens is 604 g/mol. The van der Waals surface area contributed by atoms with Gasteiger partial charge in [0.15, 0.2) is 0 Å². The zero-order valence-corrected chi connectivity index (χ0v) is 25.8. The number of sulfonamides is 1. The molecule has 9 nitrogen and oxygen atoms in total. The van der Waals surface area contributed by atoms with Crippen molar-refractivity contribution in [3.63, 3.8) is 0 Å². The number of nitrogens with zero attached hydrogens (tertiary/aromatic N) is 3. The van der Waals surface area contributed by atoms with E-state index in [0.29, 0.717) is 30.8 Å². The SMILES string of the molecule is CCCc1nc(CC)c(C(=O)N(C)c2ccccc2C(F)(F)F)n1CCC(C)(F)CCOC(=O)NS(=O)(=O)c1ccccc1. The van der Waals surface area contributed by atoms with E-state index in [9.17, 15) is 31.2 Å². The molecule has 0 aliphatic rings. The standard InChI is InChI=1S/C30H36F4N4O5S/c1-5-12-25-35-23(6-2)26(27(39)37(4)24-16-11-10-15-22(24)30(32,33)34)38(25)19-17-29(3,31)18-20-43-28(40)36-44(41,42)21-13-8-7-9-14-21/h7-11,13-16H,5-6,12,17-20H2,1-4H3,(H,36,40). The Balaban J connectivity index is 1.75. The van der Waals surface area contributed by atoms with Crippen LogP contribution in [0.3, 0.4) is 0 Å². The molecule has 3 rings (SSSR count). The number of alkyl halides is 4. The molecular formula is C30H36F4N4O5S. The fourth-order valence-corrected chi connectivity index (χ4v) is 5.50. The van der Waals surface area contributed by atoms with Crippen molar-refractivity contribution in [3.05, 3.63) is 77.4 Å². The highest BCUT2D eigenvalue weighted by Gasteiger charge is 2.36. The van der Waals surface area contributed by atoms with Crippen LogP contribution in [0.4, 0.5) is 28.0 Å². The molecule has 14 heteroatoms. The number of carbonyl (C=O) groups excluding carboxylic acids is 2. The molecule has 1 N–H and O–H groups in total. The van der Waals surface area contributed by atoms with Crippen molar-refractivity contribution in [2.75, 3.05) is 18.6 Å². The first-order valence-corrected chi connectivity index (χ1v) is 15.6. The molecule has 0 aliphatic heterocycles. The quantitative estimate of drug-likeness (QED) is 0.219. The van der Waals surface area contributed by atoms with Crippen molar-refractivity contribution in [3.8, 4) is 0 Å². The lowest BCUT2D eigenvalue weighted by atomic mass is 10.0. The minimum absolute atomic E-state index is 0.0280. The number of benzene rings is 2. The molecule has 3 aromatic rings. The summed E-state index contributed by atoms with van der Waals surface area (Å²) < 4.78 is 89.5. The van der Waals surface area contributed by atoms with Gasteiger partial charge in [0.1, 0.15) is 17.2 Å². The number of aryl methyl sites for hydroxylation is 2. The van der Waals surface area contributed by atoms with E-state index in [1.54, 1.807) is 22.3 Å². The van der Waals surface area contributed by atoms with Crippen LogP contribution >= 0.6 is 0 Å². The van der Waals surface area contributed by atoms with Crippen molar-refractivity contribution in [2.45, 2.75) is 76.2 Å². The third-order valence-corrected chi connectivity index (χ3v) is 8.32. The van der Waals surface area contributed by atoms with Crippen molar-refractivity contribution < 1.29 is 40.3 Å². The first-order valence-electron chi connectivity index (χ1n) is 14.1. The number of anilines is 1. The highest BCUT2D eigenvalue weighted by molar-refractivity contribution is 7.90. The summed E-state index contributed by atoms with van der Waals surface area (Å²) in [6, 6.07) is 11.9. The van der Waals surface area contributed by atoms with Gasteiger partial charge in [-0.1, -0.05) is 44.2 Å². The van der Waals surface area contributed by atoms with Crippen LogP contribution in [0, 0.1) is 0 Å². The Morgan fingerprint density at radius 1 is 1.00 bits per heavy atom. The minimum atomic E-state index is -4.69. The largest absolute Gasteiger partial charge is 0.449 e. The van der Waals surface area contributed by atoms with E-state index in [4.69, 9.17) is 4.74 Å². The van der Waals surface area contributed by atoms with E-state index >= 15 is 4.39 Å². The molecule has 1 unspecified atom stereocenters. The molecule has 2 aromatic carbocycles. The first kappa shape index (κ1) is 34.5. The van der Waals surface area contributed by atoms with E-state index in [2.05, 4.69) is 4.98 Å². The van der Waals surface area contributed by atoms with Crippen LogP contribution in [0.1, 0.15) is 67.6 Å². The van der Waals surface area contributed by atoms with Gasteiger partial charge in [-0.15, -0.1) is 0 Å². The molecule has 0 bridgehead atoms. The predicted octanol–water partition coefficient (Wildman–Crippen LogP) is 6.32. The minimum Gasteiger partial charge on any atom is -0.449 e. The van der Waals surface area contributed by atoms with Gasteiger partial charge in [-0.25, -0.2) is 27.3 Å². The number of para-hydroxylation sites is 1. The molecule has 44 heavy (non-hydrogen) atoms. The highest BCUT2D eigenvalue weighted by Crippen LogP contribution is 2.37. The second kappa shape index (κ2) is 14.2. The number of aromatic nitrogens is 2. The lowest BCUT2D eigenvalue weighted by Gasteiger charge is -2.25. The van der Waals surface area contributed by atoms with Gasteiger partial charge in [0.2, 0.25) is 0 Å². The van der Waals surface area contributed by atoms with Gasteiger partial charge in [0.05, 0.1) is 28.4 Å². The summed E-state index contributed by atoms with van der Waals surface area (Å²) in [7, 11) is -2.91. The van der Waals surface area contributed by atoms with Crippen LogP contribution in [-0.2, 0) is 40.3 Å². The average Bonchev–Trinajstić information content (AvgIpc) is 3.32. The molecule has 2 amide bonds. The van der Waals surface area contributed by atoms with E-state index in [1.165, 1.54) is 56.4 Å². The summed E-state index contributed by atoms with van der Waals surface area (Å²) in [6.07, 6.45) is -4.96. The second-order valence-electron chi connectivity index (χ2n) is 10.4. The Hall–Kier alpha value is -3.94. The summed E-state index contributed by atoms with van der Waals surface area (Å²) in [5, 5.41) is 0. The Morgan fingerprint density at radius 2 is 1.64 bits per heavy atom. The molecule has 1 atom stereocenters. The number of hydrogen-bond acceptors (Lipinski definition) is 6. The van der Waals surface area contributed by atoms with E-state index in [1.807, 2.05) is 6.92 Å². The Labute approximate surface area is 254 Å². The van der Waals surface area contributed by atoms with Crippen LogP contribution in [0.5, 0.6) is 0 Å². The van der Waals surface area contributed by atoms with Gasteiger partial charge in [-0.05, 0) is 50.5 Å². The van der Waals surface area contributed by atoms with Crippen LogP contribution in [0.15, 0.2) is 59.5 Å². The van der Waals surface area contributed by atoms with Gasteiger partial charge >= 0.3 is 12.3 Å². The van der Waals surface area contributed by atoms with Gasteiger partial charge in [0.25, 0.3) is 15.9 Å². The molecule has 0 radical (unpaired) electrons. The summed E-state index contributed by atoms with van der Waals surface area (Å²) in [4.78, 5) is 31.2. The van der Waals surface area contributed by atoms with Crippen molar-refractivity contribution >= 4 is 27.7 Å². The van der Waals surface area contributed by atoms with Gasteiger partial charge in [-0.3, -0.25) is 4.79 Å². The van der Waals surface area contributed by atoms with Crippen LogP contribution in [0.2, 0.25) is 0 Å². The number of carbonyl (C=O) groups is 2. The average molecular weight is 641 g/mol. The van der Waals surface area contributed by atoms with Crippen LogP contribution < -0.4 is 9.62 Å². The zero-order valence-electron chi connectivity index (χ0n) is 24.9. The van der Waals surface area contributed by atoms with Crippen LogP contribution in [0.25, 0.3) is 0 Å². The molecule has 0 saturated carbocycles. The summed E-state index contributed by atoms with van der Waals surface area (Å²) in [5.41, 5.74) is -2.75. The van der Waals surface area contributed by atoms with Crippen molar-refractivity contribution in [2.24, 2.45) is 0 Å². The third kappa shape index (κ3) is 8.58. The predicted molar refractivity (Wildman–Crippen MR) is 157 cm³/mol. The molecule has 240 valence electrons. The van der Waals surface area contributed by atoms with Gasteiger partial charge in [-0.2, -0.15) is 13.2 Å². The van der Waals surface area contributed by atoms with Crippen LogP contribution in [-0.4, -0.2) is 49.3 Å². The number of ether oxygens (including phenoxy) is 1. The van der Waals surface area contributed by atoms with E-state index in [-0.39, 0.29) is 35.7 Å². The lowest BCUT2D eigenvalue weighted by molar-refractivity contribution is -0.137. The molecule has 1 heterocycles. The summed E-state index contributed by atoms with van der Waals surface area (Å²) >= 11 is 0. The molecule has 0 fully saturated rings. The number of nitrogens with one attached hydrogen (secondary N) is 1. The smallest absolute Gasteiger partial charge is 0.421 e. The number of hydrogen-bond donors (Lipinski definition) is 1. The summed E-state index contributed by atoms with van der Waals surface area (Å²) in [5.74, 6) is -0.212. The maximum Gasteiger partial charge on any atom is 0.421 e. The lowest BCUT2D eigenvalue weighted by Crippen LogP contribution is -2.33. The normalized spacial score (nSPS) is 13.3. The first-order chi connectivity index (χ1) is 20.6. The zero-order chi connectivity index (χ0) is 32.7. The summed E-state index contributed by atoms with van der Waals surface area (Å²) in [6.45, 7) is 4.48. The fourth-order valence-electron chi connectivity index (χ4n) is 4.59. The Morgan fingerprint density at radius 3 is 2.25 bits per heavy atom. The van der Waals surface area contributed by atoms with Gasteiger partial charge in [0, 0.05) is 26.4 Å². The topological polar surface area (TPSA) is 111 Å². The maximum absolute atomic E-state index is 15.6. The van der Waals surface area contributed by atoms with Gasteiger partial charge < -0.3 is 14.2 Å². The molecule has 1 aromatic heterocycles. The highest BCUT2D eigenvalue weighted by atomic mass is 32.2. The van der Waals surface area contributed by atoms with Crippen molar-refractivity contribution in [1.82, 2.24) is 14.3 Å².